The molecule has 4 fully saturated rings. The third-order valence-electron chi connectivity index (χ3n) is 4.46. The SMILES string of the molecule is Cl.c1cnc(OC2C3CC4CC(C3)CN2C4)nc1. The van der Waals surface area contributed by atoms with Crippen LogP contribution in [0.4, 0.5) is 0 Å². The summed E-state index contributed by atoms with van der Waals surface area (Å²) in [5.74, 6) is 2.54. The van der Waals surface area contributed by atoms with Crippen molar-refractivity contribution >= 4 is 12.4 Å². The van der Waals surface area contributed by atoms with Gasteiger partial charge in [-0.15, -0.1) is 12.4 Å². The maximum atomic E-state index is 5.99. The van der Waals surface area contributed by atoms with Crippen molar-refractivity contribution < 1.29 is 4.74 Å². The Morgan fingerprint density at radius 2 is 1.72 bits per heavy atom. The lowest BCUT2D eigenvalue weighted by Crippen LogP contribution is -2.61. The number of ether oxygens (including phenoxy) is 1. The molecule has 3 saturated heterocycles. The number of halogens is 1. The molecular weight excluding hydrogens is 250 g/mol. The molecule has 1 aromatic heterocycles. The van der Waals surface area contributed by atoms with E-state index in [0.29, 0.717) is 11.9 Å². The van der Waals surface area contributed by atoms with Crippen LogP contribution in [0.1, 0.15) is 19.3 Å². The summed E-state index contributed by atoms with van der Waals surface area (Å²) in [7, 11) is 0. The molecule has 5 rings (SSSR count). The topological polar surface area (TPSA) is 38.2 Å². The lowest BCUT2D eigenvalue weighted by Gasteiger charge is -2.55. The van der Waals surface area contributed by atoms with Gasteiger partial charge in [-0.25, -0.2) is 9.97 Å². The van der Waals surface area contributed by atoms with Crippen LogP contribution in [-0.4, -0.2) is 34.2 Å². The Bertz CT molecular complexity index is 386. The first-order valence-corrected chi connectivity index (χ1v) is 6.56. The van der Waals surface area contributed by atoms with Gasteiger partial charge in [0.05, 0.1) is 0 Å². The molecule has 1 aromatic rings. The zero-order valence-corrected chi connectivity index (χ0v) is 11.1. The predicted octanol–water partition coefficient (Wildman–Crippen LogP) is 1.96. The number of hydrogen-bond acceptors (Lipinski definition) is 4. The van der Waals surface area contributed by atoms with Crippen LogP contribution in [0.25, 0.3) is 0 Å². The second kappa shape index (κ2) is 4.67. The standard InChI is InChI=1S/C13H17N3O.ClH/c1-2-14-13(15-3-1)17-12-11-5-9-4-10(6-11)8-16(12)7-9;/h1-3,9-12H,4-8H2;1H. The van der Waals surface area contributed by atoms with Crippen molar-refractivity contribution in [1.82, 2.24) is 14.9 Å². The van der Waals surface area contributed by atoms with E-state index >= 15 is 0 Å². The average molecular weight is 268 g/mol. The fourth-order valence-electron chi connectivity index (χ4n) is 4.02. The zero-order valence-electron chi connectivity index (χ0n) is 10.2. The highest BCUT2D eigenvalue weighted by molar-refractivity contribution is 5.85. The van der Waals surface area contributed by atoms with E-state index in [4.69, 9.17) is 4.74 Å². The van der Waals surface area contributed by atoms with Gasteiger partial charge in [-0.2, -0.15) is 0 Å². The quantitative estimate of drug-likeness (QED) is 0.821. The maximum absolute atomic E-state index is 5.99. The molecule has 5 heteroatoms. The van der Waals surface area contributed by atoms with Crippen molar-refractivity contribution in [1.29, 1.82) is 0 Å². The van der Waals surface area contributed by atoms with Gasteiger partial charge in [0.1, 0.15) is 0 Å². The van der Waals surface area contributed by atoms with Gasteiger partial charge in [0, 0.05) is 31.4 Å². The minimum Gasteiger partial charge on any atom is -0.444 e. The Labute approximate surface area is 113 Å². The summed E-state index contributed by atoms with van der Waals surface area (Å²) in [6.07, 6.45) is 7.84. The summed E-state index contributed by atoms with van der Waals surface area (Å²) >= 11 is 0. The predicted molar refractivity (Wildman–Crippen MR) is 69.6 cm³/mol. The molecule has 18 heavy (non-hydrogen) atoms. The van der Waals surface area contributed by atoms with Crippen molar-refractivity contribution in [2.75, 3.05) is 13.1 Å². The zero-order chi connectivity index (χ0) is 11.2. The highest BCUT2D eigenvalue weighted by Crippen LogP contribution is 2.46. The number of aromatic nitrogens is 2. The summed E-state index contributed by atoms with van der Waals surface area (Å²) in [4.78, 5) is 10.8. The lowest BCUT2D eigenvalue weighted by atomic mass is 9.67. The number of rotatable bonds is 2. The largest absolute Gasteiger partial charge is 0.444 e. The molecule has 4 nitrogen and oxygen atoms in total. The van der Waals surface area contributed by atoms with Crippen molar-refractivity contribution in [3.05, 3.63) is 18.5 Å². The van der Waals surface area contributed by atoms with Crippen LogP contribution in [0.5, 0.6) is 6.01 Å². The molecule has 0 spiro atoms. The first kappa shape index (κ1) is 12.2. The van der Waals surface area contributed by atoms with Gasteiger partial charge in [0.15, 0.2) is 6.23 Å². The van der Waals surface area contributed by atoms with Crippen molar-refractivity contribution in [3.8, 4) is 6.01 Å². The minimum absolute atomic E-state index is 0. The first-order chi connectivity index (χ1) is 8.38. The summed E-state index contributed by atoms with van der Waals surface area (Å²) in [5, 5.41) is 0. The number of nitrogens with zero attached hydrogens (tertiary/aromatic N) is 3. The normalized spacial score (nSPS) is 40.3. The molecule has 4 heterocycles. The second-order valence-electron chi connectivity index (χ2n) is 5.69. The van der Waals surface area contributed by atoms with Crippen LogP contribution in [-0.2, 0) is 0 Å². The summed E-state index contributed by atoms with van der Waals surface area (Å²) in [6, 6.07) is 2.36. The van der Waals surface area contributed by atoms with Gasteiger partial charge in [0.25, 0.3) is 0 Å². The third-order valence-corrected chi connectivity index (χ3v) is 4.46. The van der Waals surface area contributed by atoms with Gasteiger partial charge >= 0.3 is 6.01 Å². The molecule has 0 radical (unpaired) electrons. The van der Waals surface area contributed by atoms with E-state index in [0.717, 1.165) is 11.8 Å². The van der Waals surface area contributed by atoms with Crippen LogP contribution in [0, 0.1) is 17.8 Å². The van der Waals surface area contributed by atoms with E-state index in [2.05, 4.69) is 14.9 Å². The fourth-order valence-corrected chi connectivity index (χ4v) is 4.02. The molecule has 4 bridgehead atoms. The van der Waals surface area contributed by atoms with E-state index in [-0.39, 0.29) is 18.6 Å². The molecule has 1 saturated carbocycles. The summed E-state index contributed by atoms with van der Waals surface area (Å²) < 4.78 is 5.99. The lowest BCUT2D eigenvalue weighted by molar-refractivity contribution is -0.145. The summed E-state index contributed by atoms with van der Waals surface area (Å²) in [6.45, 7) is 2.43. The van der Waals surface area contributed by atoms with Crippen LogP contribution in [0.3, 0.4) is 0 Å². The smallest absolute Gasteiger partial charge is 0.317 e. The van der Waals surface area contributed by atoms with Crippen LogP contribution >= 0.6 is 12.4 Å². The molecule has 3 aliphatic heterocycles. The molecule has 0 aromatic carbocycles. The Kier molecular flexibility index (Phi) is 3.16. The van der Waals surface area contributed by atoms with Gasteiger partial charge in [-0.1, -0.05) is 0 Å². The highest BCUT2D eigenvalue weighted by Gasteiger charge is 2.48. The summed E-state index contributed by atoms with van der Waals surface area (Å²) in [5.41, 5.74) is 0. The van der Waals surface area contributed by atoms with Gasteiger partial charge in [-0.3, -0.25) is 4.90 Å². The van der Waals surface area contributed by atoms with Gasteiger partial charge < -0.3 is 4.74 Å². The average Bonchev–Trinajstić information content (AvgIpc) is 2.34. The second-order valence-corrected chi connectivity index (χ2v) is 5.69. The molecule has 98 valence electrons. The van der Waals surface area contributed by atoms with E-state index in [1.54, 1.807) is 12.4 Å². The Morgan fingerprint density at radius 3 is 2.33 bits per heavy atom. The van der Waals surface area contributed by atoms with Gasteiger partial charge in [-0.05, 0) is 37.2 Å². The molecule has 1 aliphatic carbocycles. The molecular formula is C13H18ClN3O. The number of piperidine rings is 3. The van der Waals surface area contributed by atoms with E-state index < -0.39 is 0 Å². The molecule has 0 N–H and O–H groups in total. The molecule has 3 atom stereocenters. The van der Waals surface area contributed by atoms with Crippen LogP contribution in [0.2, 0.25) is 0 Å². The minimum atomic E-state index is 0. The Hall–Kier alpha value is -0.870. The highest BCUT2D eigenvalue weighted by atomic mass is 35.5. The molecule has 3 unspecified atom stereocenters. The van der Waals surface area contributed by atoms with Crippen LogP contribution < -0.4 is 4.74 Å². The molecule has 4 aliphatic rings. The monoisotopic (exact) mass is 267 g/mol. The van der Waals surface area contributed by atoms with Crippen molar-refractivity contribution in [2.24, 2.45) is 17.8 Å². The Morgan fingerprint density at radius 1 is 1.06 bits per heavy atom. The Balaban J connectivity index is 0.000001000. The van der Waals surface area contributed by atoms with E-state index in [1.807, 2.05) is 6.07 Å². The van der Waals surface area contributed by atoms with E-state index in [9.17, 15) is 0 Å². The van der Waals surface area contributed by atoms with Crippen LogP contribution in [0.15, 0.2) is 18.5 Å². The fraction of sp³-hybridized carbons (Fsp3) is 0.692. The molecule has 0 amide bonds. The van der Waals surface area contributed by atoms with Gasteiger partial charge in [0.2, 0.25) is 0 Å². The van der Waals surface area contributed by atoms with Crippen molar-refractivity contribution in [3.63, 3.8) is 0 Å². The third kappa shape index (κ3) is 1.97. The van der Waals surface area contributed by atoms with Crippen molar-refractivity contribution in [2.45, 2.75) is 25.5 Å². The van der Waals surface area contributed by atoms with E-state index in [1.165, 1.54) is 32.4 Å². The first-order valence-electron chi connectivity index (χ1n) is 6.56. The maximum Gasteiger partial charge on any atom is 0.317 e. The number of hydrogen-bond donors (Lipinski definition) is 0.